The molecule has 0 fully saturated rings. The van der Waals surface area contributed by atoms with Crippen LogP contribution in [-0.2, 0) is 6.42 Å². The number of aromatic nitrogens is 1. The van der Waals surface area contributed by atoms with Gasteiger partial charge in [0.2, 0.25) is 0 Å². The minimum atomic E-state index is -4.71. The van der Waals surface area contributed by atoms with Gasteiger partial charge in [-0.3, -0.25) is 4.79 Å². The number of ketones is 1. The van der Waals surface area contributed by atoms with E-state index in [1.54, 1.807) is 18.3 Å². The van der Waals surface area contributed by atoms with E-state index in [4.69, 9.17) is 0 Å². The number of para-hydroxylation sites is 1. The predicted octanol–water partition coefficient (Wildman–Crippen LogP) is 5.82. The average Bonchev–Trinajstić information content (AvgIpc) is 3.21. The molecule has 3 aromatic carbocycles. The summed E-state index contributed by atoms with van der Waals surface area (Å²) in [6.45, 7) is 0.465. The number of H-pyrrole nitrogens is 1. The van der Waals surface area contributed by atoms with E-state index in [-0.39, 0.29) is 11.5 Å². The lowest BCUT2D eigenvalue weighted by Crippen LogP contribution is -2.30. The Bertz CT molecular complexity index is 1190. The summed E-state index contributed by atoms with van der Waals surface area (Å²) in [5, 5.41) is 4.18. The molecule has 0 aliphatic heterocycles. The highest BCUT2D eigenvalue weighted by molar-refractivity contribution is 6.10. The van der Waals surface area contributed by atoms with Crippen molar-refractivity contribution in [3.05, 3.63) is 102 Å². The van der Waals surface area contributed by atoms with Gasteiger partial charge in [0.05, 0.1) is 6.04 Å². The molecule has 0 spiro atoms. The number of Topliss-reactive ketones (excluding diaryl/α,β-unsaturated/α-hetero) is 1. The Labute approximate surface area is 183 Å². The lowest BCUT2D eigenvalue weighted by Gasteiger charge is -2.18. The van der Waals surface area contributed by atoms with Crippen molar-refractivity contribution in [3.63, 3.8) is 0 Å². The number of fused-ring (bicyclic) bond motifs is 1. The monoisotopic (exact) mass is 438 g/mol. The number of rotatable bonds is 8. The van der Waals surface area contributed by atoms with Crippen LogP contribution in [0.2, 0.25) is 0 Å². The first kappa shape index (κ1) is 21.6. The van der Waals surface area contributed by atoms with Crippen LogP contribution >= 0.6 is 0 Å². The first-order valence-corrected chi connectivity index (χ1v) is 10.1. The Morgan fingerprint density at radius 3 is 2.34 bits per heavy atom. The number of halogens is 3. The van der Waals surface area contributed by atoms with Gasteiger partial charge in [-0.25, -0.2) is 0 Å². The summed E-state index contributed by atoms with van der Waals surface area (Å²) in [5.41, 5.74) is 3.18. The van der Waals surface area contributed by atoms with Crippen molar-refractivity contribution < 1.29 is 22.7 Å². The fraction of sp³-hybridized carbons (Fsp3) is 0.160. The quantitative estimate of drug-likeness (QED) is 0.341. The molecule has 32 heavy (non-hydrogen) atoms. The SMILES string of the molecule is O=C(c1c[nH]c2ccccc12)C(NCCc1ccc(OC(F)(F)F)cc1)c1ccccc1. The lowest BCUT2D eigenvalue weighted by molar-refractivity contribution is -0.274. The molecule has 2 N–H and O–H groups in total. The standard InChI is InChI=1S/C25H21F3N2O2/c26-25(27,28)32-19-12-10-17(11-13-19)14-15-29-23(18-6-2-1-3-7-18)24(31)21-16-30-22-9-5-4-8-20(21)22/h1-13,16,23,29-30H,14-15H2. The van der Waals surface area contributed by atoms with Crippen molar-refractivity contribution in [1.29, 1.82) is 0 Å². The van der Waals surface area contributed by atoms with Crippen molar-refractivity contribution in [2.75, 3.05) is 6.54 Å². The van der Waals surface area contributed by atoms with Gasteiger partial charge in [0.1, 0.15) is 5.75 Å². The number of benzene rings is 3. The van der Waals surface area contributed by atoms with Gasteiger partial charge >= 0.3 is 6.36 Å². The summed E-state index contributed by atoms with van der Waals surface area (Å²) < 4.78 is 40.9. The number of hydrogen-bond acceptors (Lipinski definition) is 3. The average molecular weight is 438 g/mol. The molecule has 1 aromatic heterocycles. The third kappa shape index (κ3) is 5.18. The van der Waals surface area contributed by atoms with Crippen LogP contribution in [0, 0.1) is 0 Å². The highest BCUT2D eigenvalue weighted by atomic mass is 19.4. The number of carbonyl (C=O) groups excluding carboxylic acids is 1. The lowest BCUT2D eigenvalue weighted by atomic mass is 9.96. The van der Waals surface area contributed by atoms with Gasteiger partial charge in [-0.2, -0.15) is 0 Å². The minimum absolute atomic E-state index is 0.0532. The van der Waals surface area contributed by atoms with Crippen LogP contribution in [0.15, 0.2) is 85.1 Å². The Kier molecular flexibility index (Phi) is 6.28. The van der Waals surface area contributed by atoms with Crippen LogP contribution < -0.4 is 10.1 Å². The molecule has 4 aromatic rings. The van der Waals surface area contributed by atoms with E-state index in [1.165, 1.54) is 12.1 Å². The van der Waals surface area contributed by atoms with Crippen LogP contribution in [0.5, 0.6) is 5.75 Å². The second-order valence-corrected chi connectivity index (χ2v) is 7.35. The maximum atomic E-state index is 13.4. The van der Waals surface area contributed by atoms with Crippen molar-refractivity contribution in [2.24, 2.45) is 0 Å². The highest BCUT2D eigenvalue weighted by Gasteiger charge is 2.31. The molecule has 0 aliphatic carbocycles. The molecule has 4 nitrogen and oxygen atoms in total. The van der Waals surface area contributed by atoms with Crippen LogP contribution in [0.25, 0.3) is 10.9 Å². The van der Waals surface area contributed by atoms with E-state index in [9.17, 15) is 18.0 Å². The third-order valence-corrected chi connectivity index (χ3v) is 5.17. The van der Waals surface area contributed by atoms with E-state index in [0.717, 1.165) is 22.0 Å². The van der Waals surface area contributed by atoms with Crippen molar-refractivity contribution in [1.82, 2.24) is 10.3 Å². The van der Waals surface area contributed by atoms with Gasteiger partial charge in [0.15, 0.2) is 5.78 Å². The number of hydrogen-bond donors (Lipinski definition) is 2. The second-order valence-electron chi connectivity index (χ2n) is 7.35. The molecule has 1 unspecified atom stereocenters. The number of ether oxygens (including phenoxy) is 1. The van der Waals surface area contributed by atoms with Crippen molar-refractivity contribution >= 4 is 16.7 Å². The predicted molar refractivity (Wildman–Crippen MR) is 117 cm³/mol. The maximum Gasteiger partial charge on any atom is 0.573 e. The van der Waals surface area contributed by atoms with Crippen LogP contribution in [0.1, 0.15) is 27.5 Å². The Morgan fingerprint density at radius 1 is 0.938 bits per heavy atom. The Morgan fingerprint density at radius 2 is 1.62 bits per heavy atom. The third-order valence-electron chi connectivity index (χ3n) is 5.17. The zero-order valence-corrected chi connectivity index (χ0v) is 17.0. The molecule has 0 saturated carbocycles. The molecule has 1 heterocycles. The van der Waals surface area contributed by atoms with Crippen LogP contribution in [-0.4, -0.2) is 23.7 Å². The topological polar surface area (TPSA) is 54.1 Å². The largest absolute Gasteiger partial charge is 0.573 e. The molecule has 164 valence electrons. The zero-order valence-electron chi connectivity index (χ0n) is 17.0. The summed E-state index contributed by atoms with van der Waals surface area (Å²) in [5.74, 6) is -0.312. The molecule has 0 saturated heterocycles. The van der Waals surface area contributed by atoms with Crippen molar-refractivity contribution in [2.45, 2.75) is 18.8 Å². The van der Waals surface area contributed by atoms with E-state index < -0.39 is 12.4 Å². The normalized spacial score (nSPS) is 12.6. The Balaban J connectivity index is 1.48. The molecule has 0 aliphatic rings. The summed E-state index contributed by atoms with van der Waals surface area (Å²) in [7, 11) is 0. The van der Waals surface area contributed by atoms with Gasteiger partial charge in [0, 0.05) is 29.2 Å². The van der Waals surface area contributed by atoms with E-state index in [2.05, 4.69) is 15.0 Å². The minimum Gasteiger partial charge on any atom is -0.406 e. The molecule has 0 radical (unpaired) electrons. The van der Waals surface area contributed by atoms with E-state index >= 15 is 0 Å². The summed E-state index contributed by atoms with van der Waals surface area (Å²) in [4.78, 5) is 16.6. The zero-order chi connectivity index (χ0) is 22.6. The molecular formula is C25H21F3N2O2. The smallest absolute Gasteiger partial charge is 0.406 e. The second kappa shape index (κ2) is 9.28. The fourth-order valence-corrected chi connectivity index (χ4v) is 3.66. The summed E-state index contributed by atoms with van der Waals surface area (Å²) >= 11 is 0. The van der Waals surface area contributed by atoms with E-state index in [1.807, 2.05) is 54.6 Å². The fourth-order valence-electron chi connectivity index (χ4n) is 3.66. The van der Waals surface area contributed by atoms with Gasteiger partial charge in [-0.1, -0.05) is 60.7 Å². The summed E-state index contributed by atoms with van der Waals surface area (Å²) in [6, 6.07) is 22.3. The van der Waals surface area contributed by atoms with Gasteiger partial charge in [-0.05, 0) is 35.7 Å². The number of alkyl halides is 3. The number of nitrogens with one attached hydrogen (secondary N) is 2. The maximum absolute atomic E-state index is 13.4. The highest BCUT2D eigenvalue weighted by Crippen LogP contribution is 2.25. The first-order chi connectivity index (χ1) is 15.4. The summed E-state index contributed by atoms with van der Waals surface area (Å²) in [6.07, 6.45) is -2.45. The van der Waals surface area contributed by atoms with Gasteiger partial charge in [-0.15, -0.1) is 13.2 Å². The molecule has 0 bridgehead atoms. The molecule has 7 heteroatoms. The van der Waals surface area contributed by atoms with E-state index in [0.29, 0.717) is 18.5 Å². The Hall–Kier alpha value is -3.58. The first-order valence-electron chi connectivity index (χ1n) is 10.1. The molecule has 0 amide bonds. The molecule has 1 atom stereocenters. The van der Waals surface area contributed by atoms with Crippen LogP contribution in [0.3, 0.4) is 0 Å². The van der Waals surface area contributed by atoms with Gasteiger partial charge < -0.3 is 15.0 Å². The number of aromatic amines is 1. The molecular weight excluding hydrogens is 417 g/mol. The van der Waals surface area contributed by atoms with Crippen molar-refractivity contribution in [3.8, 4) is 5.75 Å². The number of carbonyl (C=O) groups is 1. The molecule has 4 rings (SSSR count). The van der Waals surface area contributed by atoms with Gasteiger partial charge in [0.25, 0.3) is 0 Å². The van der Waals surface area contributed by atoms with Crippen LogP contribution in [0.4, 0.5) is 13.2 Å².